The molecule has 0 saturated heterocycles. The second-order valence-electron chi connectivity index (χ2n) is 6.98. The average Bonchev–Trinajstić information content (AvgIpc) is 2.67. The number of rotatable bonds is 9. The summed E-state index contributed by atoms with van der Waals surface area (Å²) in [6, 6.07) is 9.96. The van der Waals surface area contributed by atoms with Crippen molar-refractivity contribution < 1.29 is 13.9 Å². The first-order chi connectivity index (χ1) is 12.7. The highest BCUT2D eigenvalue weighted by Crippen LogP contribution is 2.39. The quantitative estimate of drug-likeness (QED) is 0.488. The van der Waals surface area contributed by atoms with Crippen LogP contribution in [0.3, 0.4) is 0 Å². The summed E-state index contributed by atoms with van der Waals surface area (Å²) in [5.41, 5.74) is 4.13. The third-order valence-electron chi connectivity index (χ3n) is 4.99. The SMILES string of the molecule is CCCCCOc1ccc2c(c1)CCc1c-2ccc(OCCCC)c1F. The molecule has 0 aromatic heterocycles. The number of aryl methyl sites for hydroxylation is 1. The number of hydrogen-bond donors (Lipinski definition) is 0. The molecule has 0 saturated carbocycles. The zero-order valence-electron chi connectivity index (χ0n) is 15.9. The van der Waals surface area contributed by atoms with Gasteiger partial charge >= 0.3 is 0 Å². The van der Waals surface area contributed by atoms with E-state index in [4.69, 9.17) is 9.47 Å². The number of fused-ring (bicyclic) bond motifs is 3. The van der Waals surface area contributed by atoms with Crippen LogP contribution in [0.2, 0.25) is 0 Å². The van der Waals surface area contributed by atoms with Crippen LogP contribution in [0.25, 0.3) is 11.1 Å². The van der Waals surface area contributed by atoms with E-state index in [9.17, 15) is 4.39 Å². The minimum absolute atomic E-state index is 0.191. The van der Waals surface area contributed by atoms with E-state index in [2.05, 4.69) is 26.0 Å². The molecule has 2 aromatic rings. The van der Waals surface area contributed by atoms with Gasteiger partial charge in [-0.05, 0) is 66.1 Å². The maximum absolute atomic E-state index is 14.8. The first-order valence-corrected chi connectivity index (χ1v) is 9.94. The molecule has 0 amide bonds. The molecule has 0 radical (unpaired) electrons. The molecule has 1 aliphatic rings. The van der Waals surface area contributed by atoms with Crippen molar-refractivity contribution in [1.82, 2.24) is 0 Å². The van der Waals surface area contributed by atoms with Crippen LogP contribution in [0.5, 0.6) is 11.5 Å². The summed E-state index contributed by atoms with van der Waals surface area (Å²) in [4.78, 5) is 0. The van der Waals surface area contributed by atoms with Gasteiger partial charge in [-0.2, -0.15) is 0 Å². The second kappa shape index (κ2) is 9.07. The molecule has 2 nitrogen and oxygen atoms in total. The highest BCUT2D eigenvalue weighted by atomic mass is 19.1. The van der Waals surface area contributed by atoms with E-state index in [0.29, 0.717) is 18.8 Å². The molecule has 0 N–H and O–H groups in total. The van der Waals surface area contributed by atoms with E-state index in [1.54, 1.807) is 6.07 Å². The third-order valence-corrected chi connectivity index (χ3v) is 4.99. The van der Waals surface area contributed by atoms with Gasteiger partial charge in [0.1, 0.15) is 5.75 Å². The zero-order valence-corrected chi connectivity index (χ0v) is 15.9. The first-order valence-electron chi connectivity index (χ1n) is 9.94. The van der Waals surface area contributed by atoms with Crippen LogP contribution in [0.4, 0.5) is 4.39 Å². The fourth-order valence-electron chi connectivity index (χ4n) is 3.47. The Balaban J connectivity index is 1.77. The third kappa shape index (κ3) is 4.20. The lowest BCUT2D eigenvalue weighted by molar-refractivity contribution is 0.293. The molecular weight excluding hydrogens is 327 g/mol. The molecule has 0 unspecified atom stereocenters. The minimum atomic E-state index is -0.191. The van der Waals surface area contributed by atoms with Gasteiger partial charge in [0.2, 0.25) is 0 Å². The fraction of sp³-hybridized carbons (Fsp3) is 0.478. The van der Waals surface area contributed by atoms with Crippen LogP contribution in [0, 0.1) is 5.82 Å². The number of halogens is 1. The minimum Gasteiger partial charge on any atom is -0.494 e. The Morgan fingerprint density at radius 1 is 0.846 bits per heavy atom. The highest BCUT2D eigenvalue weighted by molar-refractivity contribution is 5.75. The Kier molecular flexibility index (Phi) is 6.54. The van der Waals surface area contributed by atoms with Gasteiger partial charge in [0.05, 0.1) is 13.2 Å². The van der Waals surface area contributed by atoms with Crippen molar-refractivity contribution in [3.05, 3.63) is 47.3 Å². The van der Waals surface area contributed by atoms with Gasteiger partial charge in [-0.25, -0.2) is 4.39 Å². The molecule has 26 heavy (non-hydrogen) atoms. The molecule has 3 heteroatoms. The van der Waals surface area contributed by atoms with Crippen molar-refractivity contribution in [3.63, 3.8) is 0 Å². The summed E-state index contributed by atoms with van der Waals surface area (Å²) in [5, 5.41) is 0. The topological polar surface area (TPSA) is 18.5 Å². The summed E-state index contributed by atoms with van der Waals surface area (Å²) in [6.07, 6.45) is 7.01. The number of unbranched alkanes of at least 4 members (excludes halogenated alkanes) is 3. The second-order valence-corrected chi connectivity index (χ2v) is 6.98. The van der Waals surface area contributed by atoms with Crippen molar-refractivity contribution in [1.29, 1.82) is 0 Å². The van der Waals surface area contributed by atoms with Gasteiger partial charge in [-0.1, -0.05) is 45.2 Å². The van der Waals surface area contributed by atoms with Crippen LogP contribution in [0.15, 0.2) is 30.3 Å². The Morgan fingerprint density at radius 3 is 2.42 bits per heavy atom. The van der Waals surface area contributed by atoms with Gasteiger partial charge < -0.3 is 9.47 Å². The Hall–Kier alpha value is -2.03. The van der Waals surface area contributed by atoms with Gasteiger partial charge in [-0.3, -0.25) is 0 Å². The van der Waals surface area contributed by atoms with E-state index in [1.807, 2.05) is 12.1 Å². The molecule has 0 aliphatic heterocycles. The van der Waals surface area contributed by atoms with Crippen LogP contribution >= 0.6 is 0 Å². The Bertz CT molecular complexity index is 739. The first kappa shape index (κ1) is 18.8. The van der Waals surface area contributed by atoms with Gasteiger partial charge in [0.25, 0.3) is 0 Å². The van der Waals surface area contributed by atoms with Gasteiger partial charge in [0, 0.05) is 0 Å². The van der Waals surface area contributed by atoms with Crippen molar-refractivity contribution in [2.45, 2.75) is 58.8 Å². The maximum Gasteiger partial charge on any atom is 0.168 e. The van der Waals surface area contributed by atoms with Crippen LogP contribution in [0.1, 0.15) is 57.1 Å². The maximum atomic E-state index is 14.8. The lowest BCUT2D eigenvalue weighted by atomic mass is 9.85. The lowest BCUT2D eigenvalue weighted by Gasteiger charge is -2.22. The monoisotopic (exact) mass is 356 g/mol. The van der Waals surface area contributed by atoms with Crippen molar-refractivity contribution in [2.75, 3.05) is 13.2 Å². The molecule has 1 aliphatic carbocycles. The largest absolute Gasteiger partial charge is 0.494 e. The molecule has 0 atom stereocenters. The Morgan fingerprint density at radius 2 is 1.62 bits per heavy atom. The molecule has 140 valence electrons. The smallest absolute Gasteiger partial charge is 0.168 e. The number of ether oxygens (including phenoxy) is 2. The van der Waals surface area contributed by atoms with E-state index in [0.717, 1.165) is 54.7 Å². The number of benzene rings is 2. The van der Waals surface area contributed by atoms with E-state index in [1.165, 1.54) is 18.4 Å². The fourth-order valence-corrected chi connectivity index (χ4v) is 3.47. The molecule has 3 rings (SSSR count). The highest BCUT2D eigenvalue weighted by Gasteiger charge is 2.22. The number of hydrogen-bond acceptors (Lipinski definition) is 2. The van der Waals surface area contributed by atoms with Gasteiger partial charge in [-0.15, -0.1) is 0 Å². The summed E-state index contributed by atoms with van der Waals surface area (Å²) in [6.45, 7) is 5.62. The summed E-state index contributed by atoms with van der Waals surface area (Å²) in [7, 11) is 0. The molecule has 2 aromatic carbocycles. The van der Waals surface area contributed by atoms with Crippen molar-refractivity contribution in [2.24, 2.45) is 0 Å². The van der Waals surface area contributed by atoms with Crippen molar-refractivity contribution >= 4 is 0 Å². The normalized spacial score (nSPS) is 12.4. The molecular formula is C23H29FO2. The van der Waals surface area contributed by atoms with E-state index in [-0.39, 0.29) is 5.82 Å². The molecule has 0 spiro atoms. The predicted octanol–water partition coefficient (Wildman–Crippen LogP) is 6.34. The lowest BCUT2D eigenvalue weighted by Crippen LogP contribution is -2.09. The van der Waals surface area contributed by atoms with Crippen molar-refractivity contribution in [3.8, 4) is 22.6 Å². The zero-order chi connectivity index (χ0) is 18.4. The standard InChI is InChI=1S/C23H29FO2/c1-3-5-7-15-25-18-9-11-19-17(16-18)8-10-21-20(19)12-13-22(23(21)24)26-14-6-4-2/h9,11-13,16H,3-8,10,14-15H2,1-2H3. The molecule has 0 heterocycles. The summed E-state index contributed by atoms with van der Waals surface area (Å²) >= 11 is 0. The predicted molar refractivity (Wildman–Crippen MR) is 105 cm³/mol. The van der Waals surface area contributed by atoms with Crippen LogP contribution < -0.4 is 9.47 Å². The summed E-state index contributed by atoms with van der Waals surface area (Å²) < 4.78 is 26.3. The van der Waals surface area contributed by atoms with Crippen LogP contribution in [-0.2, 0) is 12.8 Å². The van der Waals surface area contributed by atoms with Gasteiger partial charge in [0.15, 0.2) is 11.6 Å². The van der Waals surface area contributed by atoms with E-state index >= 15 is 0 Å². The summed E-state index contributed by atoms with van der Waals surface area (Å²) in [5.74, 6) is 1.11. The Labute approximate surface area is 156 Å². The molecule has 0 fully saturated rings. The average molecular weight is 356 g/mol. The van der Waals surface area contributed by atoms with E-state index < -0.39 is 0 Å². The molecule has 0 bridgehead atoms. The van der Waals surface area contributed by atoms with Crippen LogP contribution in [-0.4, -0.2) is 13.2 Å².